The second-order valence-corrected chi connectivity index (χ2v) is 5.53. The number of hydrogen-bond acceptors (Lipinski definition) is 2. The average Bonchev–Trinajstić information content (AvgIpc) is 2.27. The lowest BCUT2D eigenvalue weighted by Gasteiger charge is -2.31. The van der Waals surface area contributed by atoms with Crippen LogP contribution in [0.2, 0.25) is 5.02 Å². The molecule has 3 nitrogen and oxygen atoms in total. The molecular weight excluding hydrogens is 305 g/mol. The van der Waals surface area contributed by atoms with E-state index in [1.54, 1.807) is 0 Å². The van der Waals surface area contributed by atoms with Gasteiger partial charge in [0, 0.05) is 15.5 Å². The zero-order chi connectivity index (χ0) is 12.6. The Balaban J connectivity index is 2.52. The number of carboxylic acid groups (broad SMARTS) is 1. The van der Waals surface area contributed by atoms with E-state index in [1.807, 2.05) is 19.1 Å². The highest BCUT2D eigenvalue weighted by Gasteiger charge is 2.31. The summed E-state index contributed by atoms with van der Waals surface area (Å²) in [5.74, 6) is -0.862. The third kappa shape index (κ3) is 2.49. The molecular formula is C12H13BrClNO2. The highest BCUT2D eigenvalue weighted by Crippen LogP contribution is 2.34. The van der Waals surface area contributed by atoms with Gasteiger partial charge in [-0.3, -0.25) is 10.1 Å². The van der Waals surface area contributed by atoms with Gasteiger partial charge < -0.3 is 5.11 Å². The van der Waals surface area contributed by atoms with Gasteiger partial charge in [0.1, 0.15) is 6.04 Å². The molecule has 0 aliphatic carbocycles. The van der Waals surface area contributed by atoms with Crippen LogP contribution in [0, 0.1) is 0 Å². The van der Waals surface area contributed by atoms with Crippen LogP contribution in [-0.4, -0.2) is 17.1 Å². The highest BCUT2D eigenvalue weighted by atomic mass is 79.9. The summed E-state index contributed by atoms with van der Waals surface area (Å²) >= 11 is 9.53. The molecule has 0 saturated carbocycles. The Morgan fingerprint density at radius 2 is 2.35 bits per heavy atom. The monoisotopic (exact) mass is 317 g/mol. The molecule has 0 bridgehead atoms. The van der Waals surface area contributed by atoms with E-state index < -0.39 is 12.0 Å². The van der Waals surface area contributed by atoms with Crippen molar-refractivity contribution in [2.45, 2.75) is 31.8 Å². The third-order valence-corrected chi connectivity index (χ3v) is 3.89. The Kier molecular flexibility index (Phi) is 3.76. The number of halogens is 2. The molecule has 0 fully saturated rings. The first-order valence-electron chi connectivity index (χ1n) is 5.49. The summed E-state index contributed by atoms with van der Waals surface area (Å²) in [6, 6.07) is 3.15. The number of carboxylic acids is 1. The first-order valence-corrected chi connectivity index (χ1v) is 6.66. The van der Waals surface area contributed by atoms with E-state index in [0.717, 1.165) is 28.4 Å². The molecule has 1 aliphatic rings. The van der Waals surface area contributed by atoms with Gasteiger partial charge >= 0.3 is 5.97 Å². The van der Waals surface area contributed by atoms with Gasteiger partial charge in [0.25, 0.3) is 0 Å². The summed E-state index contributed by atoms with van der Waals surface area (Å²) in [7, 11) is 0. The fourth-order valence-electron chi connectivity index (χ4n) is 2.19. The maximum Gasteiger partial charge on any atom is 0.325 e. The van der Waals surface area contributed by atoms with Crippen molar-refractivity contribution in [1.29, 1.82) is 0 Å². The quantitative estimate of drug-likeness (QED) is 0.880. The molecule has 2 atom stereocenters. The van der Waals surface area contributed by atoms with E-state index in [0.29, 0.717) is 5.02 Å². The van der Waals surface area contributed by atoms with Crippen molar-refractivity contribution in [3.63, 3.8) is 0 Å². The largest absolute Gasteiger partial charge is 0.480 e. The van der Waals surface area contributed by atoms with Gasteiger partial charge in [-0.25, -0.2) is 0 Å². The predicted molar refractivity (Wildman–Crippen MR) is 70.4 cm³/mol. The fraction of sp³-hybridized carbons (Fsp3) is 0.417. The molecule has 92 valence electrons. The van der Waals surface area contributed by atoms with Gasteiger partial charge in [-0.15, -0.1) is 0 Å². The van der Waals surface area contributed by atoms with Crippen molar-refractivity contribution in [2.75, 3.05) is 0 Å². The molecule has 2 unspecified atom stereocenters. The van der Waals surface area contributed by atoms with Crippen molar-refractivity contribution >= 4 is 33.5 Å². The molecule has 2 rings (SSSR count). The van der Waals surface area contributed by atoms with Crippen LogP contribution in [0.1, 0.15) is 30.5 Å². The summed E-state index contributed by atoms with van der Waals surface area (Å²) in [6.07, 6.45) is 1.66. The van der Waals surface area contributed by atoms with E-state index in [-0.39, 0.29) is 6.04 Å². The van der Waals surface area contributed by atoms with Gasteiger partial charge in [-0.1, -0.05) is 34.5 Å². The van der Waals surface area contributed by atoms with Crippen LogP contribution in [0.5, 0.6) is 0 Å². The Morgan fingerprint density at radius 3 is 2.94 bits per heavy atom. The molecule has 1 aromatic rings. The number of nitrogens with one attached hydrogen (secondary N) is 1. The van der Waals surface area contributed by atoms with Crippen LogP contribution in [-0.2, 0) is 11.2 Å². The van der Waals surface area contributed by atoms with Crippen molar-refractivity contribution in [3.05, 3.63) is 32.8 Å². The van der Waals surface area contributed by atoms with Crippen molar-refractivity contribution in [3.8, 4) is 0 Å². The van der Waals surface area contributed by atoms with E-state index in [2.05, 4.69) is 21.2 Å². The zero-order valence-electron chi connectivity index (χ0n) is 9.34. The normalized spacial score (nSPS) is 23.2. The zero-order valence-corrected chi connectivity index (χ0v) is 11.7. The van der Waals surface area contributed by atoms with Crippen LogP contribution < -0.4 is 5.32 Å². The van der Waals surface area contributed by atoms with Crippen molar-refractivity contribution < 1.29 is 9.90 Å². The summed E-state index contributed by atoms with van der Waals surface area (Å²) in [4.78, 5) is 11.3. The Bertz CT molecular complexity index is 464. The molecule has 0 amide bonds. The molecule has 2 N–H and O–H groups in total. The second-order valence-electron chi connectivity index (χ2n) is 4.20. The topological polar surface area (TPSA) is 49.3 Å². The lowest BCUT2D eigenvalue weighted by Crippen LogP contribution is -2.42. The fourth-order valence-corrected chi connectivity index (χ4v) is 3.10. The maximum atomic E-state index is 11.3. The molecule has 17 heavy (non-hydrogen) atoms. The predicted octanol–water partition coefficient (Wildman–Crippen LogP) is 3.15. The van der Waals surface area contributed by atoms with E-state index in [9.17, 15) is 9.90 Å². The molecule has 0 radical (unpaired) electrons. The minimum absolute atomic E-state index is 0.169. The minimum Gasteiger partial charge on any atom is -0.480 e. The number of carbonyl (C=O) groups is 1. The van der Waals surface area contributed by atoms with Crippen LogP contribution >= 0.6 is 27.5 Å². The standard InChI is InChI=1S/C12H13BrClNO2/c1-2-7-5-8-9(11(15-7)12(16)17)3-6(13)4-10(8)14/h3-4,7,11,15H,2,5H2,1H3,(H,16,17). The van der Waals surface area contributed by atoms with E-state index >= 15 is 0 Å². The first kappa shape index (κ1) is 12.9. The summed E-state index contributed by atoms with van der Waals surface area (Å²) in [6.45, 7) is 2.04. The van der Waals surface area contributed by atoms with Gasteiger partial charge in [-0.05, 0) is 36.1 Å². The highest BCUT2D eigenvalue weighted by molar-refractivity contribution is 9.10. The lowest BCUT2D eigenvalue weighted by atomic mass is 9.89. The third-order valence-electron chi connectivity index (χ3n) is 3.10. The molecule has 0 saturated heterocycles. The maximum absolute atomic E-state index is 11.3. The summed E-state index contributed by atoms with van der Waals surface area (Å²) in [5.41, 5.74) is 1.72. The first-order chi connectivity index (χ1) is 8.02. The van der Waals surface area contributed by atoms with Gasteiger partial charge in [0.15, 0.2) is 0 Å². The van der Waals surface area contributed by atoms with E-state index in [1.165, 1.54) is 0 Å². The molecule has 0 aromatic heterocycles. The molecule has 1 aromatic carbocycles. The Morgan fingerprint density at radius 1 is 1.65 bits per heavy atom. The van der Waals surface area contributed by atoms with Gasteiger partial charge in [0.05, 0.1) is 0 Å². The van der Waals surface area contributed by atoms with E-state index in [4.69, 9.17) is 11.6 Å². The van der Waals surface area contributed by atoms with Gasteiger partial charge in [-0.2, -0.15) is 0 Å². The number of aliphatic carboxylic acids is 1. The minimum atomic E-state index is -0.862. The number of rotatable bonds is 2. The van der Waals surface area contributed by atoms with Crippen LogP contribution in [0.15, 0.2) is 16.6 Å². The second kappa shape index (κ2) is 4.96. The van der Waals surface area contributed by atoms with Gasteiger partial charge in [0.2, 0.25) is 0 Å². The summed E-state index contributed by atoms with van der Waals surface area (Å²) in [5, 5.41) is 13.0. The molecule has 1 aliphatic heterocycles. The van der Waals surface area contributed by atoms with Crippen LogP contribution in [0.3, 0.4) is 0 Å². The lowest BCUT2D eigenvalue weighted by molar-refractivity contribution is -0.140. The average molecular weight is 319 g/mol. The van der Waals surface area contributed by atoms with Crippen molar-refractivity contribution in [2.24, 2.45) is 0 Å². The van der Waals surface area contributed by atoms with Crippen molar-refractivity contribution in [1.82, 2.24) is 5.32 Å². The molecule has 0 spiro atoms. The molecule has 5 heteroatoms. The Labute approximate surface area is 113 Å². The molecule has 1 heterocycles. The number of benzene rings is 1. The summed E-state index contributed by atoms with van der Waals surface area (Å²) < 4.78 is 0.809. The Hall–Kier alpha value is -0.580. The van der Waals surface area contributed by atoms with Crippen LogP contribution in [0.25, 0.3) is 0 Å². The SMILES string of the molecule is CCC1Cc2c(Cl)cc(Br)cc2C(C(=O)O)N1. The number of fused-ring (bicyclic) bond motifs is 1. The van der Waals surface area contributed by atoms with Crippen LogP contribution in [0.4, 0.5) is 0 Å². The smallest absolute Gasteiger partial charge is 0.325 e. The number of hydrogen-bond donors (Lipinski definition) is 2.